The van der Waals surface area contributed by atoms with Gasteiger partial charge in [0.1, 0.15) is 5.15 Å². The standard InChI is InChI=1S/C14H17ClFNO3/c15-12-4-3-11(13(16)17-12)18-8-5-10-9-19-14(20-10)6-1-2-7-14/h3-4,10H,1-2,5-9H2. The molecule has 0 N–H and O–H groups in total. The van der Waals surface area contributed by atoms with E-state index in [0.29, 0.717) is 19.6 Å². The third kappa shape index (κ3) is 3.05. The van der Waals surface area contributed by atoms with Gasteiger partial charge in [-0.15, -0.1) is 0 Å². The van der Waals surface area contributed by atoms with E-state index >= 15 is 0 Å². The Labute approximate surface area is 122 Å². The van der Waals surface area contributed by atoms with E-state index in [-0.39, 0.29) is 22.8 Å². The summed E-state index contributed by atoms with van der Waals surface area (Å²) in [5, 5.41) is 0.116. The molecule has 1 spiro atoms. The summed E-state index contributed by atoms with van der Waals surface area (Å²) in [6.45, 7) is 0.953. The van der Waals surface area contributed by atoms with Crippen molar-refractivity contribution in [1.82, 2.24) is 4.98 Å². The molecule has 2 heterocycles. The third-order valence-electron chi connectivity index (χ3n) is 3.76. The average Bonchev–Trinajstić information content (AvgIpc) is 3.03. The van der Waals surface area contributed by atoms with Crippen LogP contribution < -0.4 is 4.74 Å². The molecule has 4 nitrogen and oxygen atoms in total. The molecule has 20 heavy (non-hydrogen) atoms. The number of hydrogen-bond donors (Lipinski definition) is 0. The molecule has 2 fully saturated rings. The van der Waals surface area contributed by atoms with Gasteiger partial charge in [-0.25, -0.2) is 4.98 Å². The summed E-state index contributed by atoms with van der Waals surface area (Å²) in [5.41, 5.74) is 0. The Morgan fingerprint density at radius 3 is 2.95 bits per heavy atom. The van der Waals surface area contributed by atoms with Gasteiger partial charge in [0.05, 0.1) is 19.3 Å². The van der Waals surface area contributed by atoms with Crippen LogP contribution in [0.4, 0.5) is 4.39 Å². The van der Waals surface area contributed by atoms with Gasteiger partial charge in [0.15, 0.2) is 11.5 Å². The summed E-state index contributed by atoms with van der Waals surface area (Å²) < 4.78 is 30.5. The van der Waals surface area contributed by atoms with Crippen LogP contribution in [0.5, 0.6) is 5.75 Å². The van der Waals surface area contributed by atoms with Crippen molar-refractivity contribution in [1.29, 1.82) is 0 Å². The predicted molar refractivity (Wildman–Crippen MR) is 71.3 cm³/mol. The molecule has 1 saturated carbocycles. The lowest BCUT2D eigenvalue weighted by Crippen LogP contribution is -2.27. The second-order valence-electron chi connectivity index (χ2n) is 5.23. The minimum atomic E-state index is -0.687. The van der Waals surface area contributed by atoms with Crippen LogP contribution in [-0.2, 0) is 9.47 Å². The third-order valence-corrected chi connectivity index (χ3v) is 3.97. The summed E-state index contributed by atoms with van der Waals surface area (Å²) in [4.78, 5) is 3.50. The summed E-state index contributed by atoms with van der Waals surface area (Å²) in [7, 11) is 0. The molecular formula is C14H17ClFNO3. The summed E-state index contributed by atoms with van der Waals surface area (Å²) in [6.07, 6.45) is 4.95. The molecule has 1 aliphatic carbocycles. The first-order valence-electron chi connectivity index (χ1n) is 6.93. The van der Waals surface area contributed by atoms with Crippen LogP contribution in [0.15, 0.2) is 12.1 Å². The quantitative estimate of drug-likeness (QED) is 0.800. The second-order valence-corrected chi connectivity index (χ2v) is 5.62. The molecule has 1 atom stereocenters. The van der Waals surface area contributed by atoms with Gasteiger partial charge < -0.3 is 14.2 Å². The zero-order valence-electron chi connectivity index (χ0n) is 11.1. The molecule has 1 saturated heterocycles. The molecule has 110 valence electrons. The lowest BCUT2D eigenvalue weighted by molar-refractivity contribution is -0.162. The molecule has 1 aliphatic heterocycles. The van der Waals surface area contributed by atoms with E-state index in [1.165, 1.54) is 12.1 Å². The van der Waals surface area contributed by atoms with Crippen molar-refractivity contribution < 1.29 is 18.6 Å². The highest BCUT2D eigenvalue weighted by Gasteiger charge is 2.43. The second kappa shape index (κ2) is 5.84. The van der Waals surface area contributed by atoms with Crippen molar-refractivity contribution in [2.75, 3.05) is 13.2 Å². The van der Waals surface area contributed by atoms with Gasteiger partial charge in [-0.1, -0.05) is 11.6 Å². The number of halogens is 2. The van der Waals surface area contributed by atoms with Crippen LogP contribution in [0.25, 0.3) is 0 Å². The first-order valence-corrected chi connectivity index (χ1v) is 7.31. The predicted octanol–water partition coefficient (Wildman–Crippen LogP) is 3.33. The van der Waals surface area contributed by atoms with Crippen molar-refractivity contribution in [3.8, 4) is 5.75 Å². The van der Waals surface area contributed by atoms with E-state index in [0.717, 1.165) is 25.7 Å². The number of nitrogens with zero attached hydrogens (tertiary/aromatic N) is 1. The van der Waals surface area contributed by atoms with Gasteiger partial charge in [0.25, 0.3) is 5.95 Å². The van der Waals surface area contributed by atoms with Gasteiger partial charge in [-0.3, -0.25) is 0 Å². The monoisotopic (exact) mass is 301 g/mol. The van der Waals surface area contributed by atoms with Crippen molar-refractivity contribution in [3.05, 3.63) is 23.2 Å². The van der Waals surface area contributed by atoms with Crippen LogP contribution in [-0.4, -0.2) is 30.1 Å². The number of rotatable bonds is 4. The Kier molecular flexibility index (Phi) is 4.10. The molecule has 0 aromatic carbocycles. The largest absolute Gasteiger partial charge is 0.489 e. The van der Waals surface area contributed by atoms with E-state index in [4.69, 9.17) is 25.8 Å². The number of hydrogen-bond acceptors (Lipinski definition) is 4. The Balaban J connectivity index is 1.46. The number of pyridine rings is 1. The molecule has 1 unspecified atom stereocenters. The zero-order valence-corrected chi connectivity index (χ0v) is 11.9. The van der Waals surface area contributed by atoms with E-state index in [2.05, 4.69) is 4.98 Å². The SMILES string of the molecule is Fc1nc(Cl)ccc1OCCC1COC2(CCCC2)O1. The van der Waals surface area contributed by atoms with E-state index in [9.17, 15) is 4.39 Å². The van der Waals surface area contributed by atoms with Crippen LogP contribution in [0, 0.1) is 5.95 Å². The fraction of sp³-hybridized carbons (Fsp3) is 0.643. The smallest absolute Gasteiger partial charge is 0.256 e. The molecule has 6 heteroatoms. The Hall–Kier alpha value is -0.910. The minimum Gasteiger partial charge on any atom is -0.489 e. The van der Waals surface area contributed by atoms with Crippen LogP contribution in [0.1, 0.15) is 32.1 Å². The average molecular weight is 302 g/mol. The van der Waals surface area contributed by atoms with Crippen LogP contribution in [0.3, 0.4) is 0 Å². The highest BCUT2D eigenvalue weighted by Crippen LogP contribution is 2.39. The summed E-state index contributed by atoms with van der Waals surface area (Å²) >= 11 is 5.58. The van der Waals surface area contributed by atoms with Crippen molar-refractivity contribution in [3.63, 3.8) is 0 Å². The van der Waals surface area contributed by atoms with Gasteiger partial charge in [0.2, 0.25) is 0 Å². The fourth-order valence-electron chi connectivity index (χ4n) is 2.74. The fourth-order valence-corrected chi connectivity index (χ4v) is 2.88. The lowest BCUT2D eigenvalue weighted by Gasteiger charge is -2.21. The highest BCUT2D eigenvalue weighted by atomic mass is 35.5. The molecule has 0 radical (unpaired) electrons. The van der Waals surface area contributed by atoms with Crippen molar-refractivity contribution >= 4 is 11.6 Å². The highest BCUT2D eigenvalue weighted by molar-refractivity contribution is 6.29. The maximum absolute atomic E-state index is 13.4. The van der Waals surface area contributed by atoms with Crippen LogP contribution >= 0.6 is 11.6 Å². The number of ether oxygens (including phenoxy) is 3. The molecule has 0 bridgehead atoms. The minimum absolute atomic E-state index is 0.0245. The molecule has 1 aromatic heterocycles. The molecule has 3 rings (SSSR count). The Morgan fingerprint density at radius 1 is 1.40 bits per heavy atom. The normalized spacial score (nSPS) is 24.4. The summed E-state index contributed by atoms with van der Waals surface area (Å²) in [5.74, 6) is -0.921. The van der Waals surface area contributed by atoms with Gasteiger partial charge >= 0.3 is 0 Å². The first-order chi connectivity index (χ1) is 9.67. The Morgan fingerprint density at radius 2 is 2.20 bits per heavy atom. The first kappa shape index (κ1) is 14.0. The molecule has 1 aromatic rings. The van der Waals surface area contributed by atoms with E-state index < -0.39 is 5.95 Å². The van der Waals surface area contributed by atoms with Gasteiger partial charge in [-0.2, -0.15) is 4.39 Å². The molecule has 2 aliphatic rings. The number of aromatic nitrogens is 1. The van der Waals surface area contributed by atoms with Crippen LogP contribution in [0.2, 0.25) is 5.15 Å². The maximum atomic E-state index is 13.4. The molecular weight excluding hydrogens is 285 g/mol. The van der Waals surface area contributed by atoms with Crippen molar-refractivity contribution in [2.24, 2.45) is 0 Å². The zero-order chi connectivity index (χ0) is 14.0. The van der Waals surface area contributed by atoms with E-state index in [1.807, 2.05) is 0 Å². The molecule has 0 amide bonds. The van der Waals surface area contributed by atoms with Gasteiger partial charge in [-0.05, 0) is 25.0 Å². The lowest BCUT2D eigenvalue weighted by atomic mass is 10.2. The maximum Gasteiger partial charge on any atom is 0.256 e. The topological polar surface area (TPSA) is 40.6 Å². The van der Waals surface area contributed by atoms with Gasteiger partial charge in [0, 0.05) is 19.3 Å². The Bertz CT molecular complexity index is 479. The van der Waals surface area contributed by atoms with Crippen molar-refractivity contribution in [2.45, 2.75) is 44.0 Å². The summed E-state index contributed by atoms with van der Waals surface area (Å²) in [6, 6.07) is 2.98. The van der Waals surface area contributed by atoms with E-state index in [1.54, 1.807) is 0 Å².